The lowest BCUT2D eigenvalue weighted by atomic mass is 9.98. The fraction of sp³-hybridized carbons (Fsp3) is 0.440. The van der Waals surface area contributed by atoms with Gasteiger partial charge in [0.2, 0.25) is 0 Å². The summed E-state index contributed by atoms with van der Waals surface area (Å²) in [4.78, 5) is 13.4. The fourth-order valence-electron chi connectivity index (χ4n) is 4.72. The summed E-state index contributed by atoms with van der Waals surface area (Å²) in [6, 6.07) is 7.80. The van der Waals surface area contributed by atoms with Crippen LogP contribution in [0.2, 0.25) is 0 Å². The van der Waals surface area contributed by atoms with E-state index >= 15 is 0 Å². The first-order valence-electron chi connectivity index (χ1n) is 11.5. The third kappa shape index (κ3) is 4.70. The number of benzene rings is 1. The summed E-state index contributed by atoms with van der Waals surface area (Å²) in [7, 11) is 0. The van der Waals surface area contributed by atoms with Gasteiger partial charge in [-0.2, -0.15) is 13.2 Å². The highest BCUT2D eigenvalue weighted by Gasteiger charge is 2.34. The van der Waals surface area contributed by atoms with Gasteiger partial charge in [-0.1, -0.05) is 0 Å². The van der Waals surface area contributed by atoms with Crippen LogP contribution in [-0.2, 0) is 6.18 Å². The molecule has 5 nitrogen and oxygen atoms in total. The zero-order chi connectivity index (χ0) is 23.0. The van der Waals surface area contributed by atoms with E-state index in [1.165, 1.54) is 17.7 Å². The normalized spacial score (nSPS) is 21.5. The van der Waals surface area contributed by atoms with Gasteiger partial charge in [-0.15, -0.1) is 0 Å². The summed E-state index contributed by atoms with van der Waals surface area (Å²) in [6.07, 6.45) is 7.44. The van der Waals surface area contributed by atoms with Crippen molar-refractivity contribution >= 4 is 17.6 Å². The van der Waals surface area contributed by atoms with E-state index in [1.54, 1.807) is 12.1 Å². The maximum Gasteiger partial charge on any atom is 0.416 e. The molecule has 0 amide bonds. The van der Waals surface area contributed by atoms with Gasteiger partial charge in [0.15, 0.2) is 0 Å². The van der Waals surface area contributed by atoms with Crippen molar-refractivity contribution in [2.24, 2.45) is 4.99 Å². The number of aliphatic imine (C=N–C) groups is 1. The quantitative estimate of drug-likeness (QED) is 0.652. The van der Waals surface area contributed by atoms with Crippen LogP contribution in [0.1, 0.15) is 49.7 Å². The summed E-state index contributed by atoms with van der Waals surface area (Å²) in [5.74, 6) is 0.511. The van der Waals surface area contributed by atoms with E-state index in [-0.39, 0.29) is 12.2 Å². The molecule has 3 heterocycles. The number of anilines is 2. The SMILES string of the molecule is CC1N=CC(N2CCC(N(c3ccc(C(F)(F)F)cc3)c3cnccc3C3CC3)CC2)=CN1. The molecule has 1 saturated carbocycles. The van der Waals surface area contributed by atoms with Crippen molar-refractivity contribution in [1.82, 2.24) is 15.2 Å². The van der Waals surface area contributed by atoms with E-state index in [0.29, 0.717) is 5.92 Å². The first kappa shape index (κ1) is 21.8. The van der Waals surface area contributed by atoms with Crippen LogP contribution in [0.5, 0.6) is 0 Å². The van der Waals surface area contributed by atoms with Crippen molar-refractivity contribution in [3.63, 3.8) is 0 Å². The molecule has 5 rings (SSSR count). The van der Waals surface area contributed by atoms with Crippen molar-refractivity contribution < 1.29 is 13.2 Å². The van der Waals surface area contributed by atoms with E-state index in [0.717, 1.165) is 55.8 Å². The molecule has 1 atom stereocenters. The molecule has 8 heteroatoms. The van der Waals surface area contributed by atoms with Gasteiger partial charge in [-0.05, 0) is 74.4 Å². The Morgan fingerprint density at radius 1 is 1.03 bits per heavy atom. The van der Waals surface area contributed by atoms with Gasteiger partial charge in [0.05, 0.1) is 23.1 Å². The molecule has 2 aliphatic heterocycles. The first-order chi connectivity index (χ1) is 15.9. The number of hydrogen-bond donors (Lipinski definition) is 1. The molecular weight excluding hydrogens is 427 g/mol. The molecular formula is C25H28F3N5. The van der Waals surface area contributed by atoms with E-state index in [1.807, 2.05) is 31.7 Å². The molecule has 0 spiro atoms. The van der Waals surface area contributed by atoms with Gasteiger partial charge in [0.25, 0.3) is 0 Å². The molecule has 1 saturated heterocycles. The van der Waals surface area contributed by atoms with Crippen LogP contribution in [0.4, 0.5) is 24.5 Å². The molecule has 33 heavy (non-hydrogen) atoms. The van der Waals surface area contributed by atoms with Crippen molar-refractivity contribution in [3.8, 4) is 0 Å². The maximum atomic E-state index is 13.2. The Balaban J connectivity index is 1.42. The Labute approximate surface area is 192 Å². The Bertz CT molecular complexity index is 1030. The highest BCUT2D eigenvalue weighted by Crippen LogP contribution is 2.46. The predicted octanol–water partition coefficient (Wildman–Crippen LogP) is 5.44. The number of halogens is 3. The minimum atomic E-state index is -4.34. The van der Waals surface area contributed by atoms with E-state index in [2.05, 4.69) is 31.2 Å². The smallest absolute Gasteiger partial charge is 0.369 e. The number of rotatable bonds is 5. The number of alkyl halides is 3. The number of piperidine rings is 1. The number of nitrogens with zero attached hydrogens (tertiary/aromatic N) is 4. The Morgan fingerprint density at radius 2 is 1.76 bits per heavy atom. The third-order valence-corrected chi connectivity index (χ3v) is 6.68. The summed E-state index contributed by atoms with van der Waals surface area (Å²) in [5.41, 5.74) is 3.50. The number of aromatic nitrogens is 1. The van der Waals surface area contributed by atoms with Gasteiger partial charge in [0, 0.05) is 43.4 Å². The molecule has 0 bridgehead atoms. The number of hydrogen-bond acceptors (Lipinski definition) is 5. The molecule has 3 aliphatic rings. The molecule has 2 aromatic rings. The lowest BCUT2D eigenvalue weighted by molar-refractivity contribution is -0.137. The average Bonchev–Trinajstić information content (AvgIpc) is 3.66. The number of nitrogens with one attached hydrogen (secondary N) is 1. The number of likely N-dealkylation sites (tertiary alicyclic amines) is 1. The number of pyridine rings is 1. The van der Waals surface area contributed by atoms with Crippen LogP contribution < -0.4 is 10.2 Å². The maximum absolute atomic E-state index is 13.2. The molecule has 1 aliphatic carbocycles. The molecule has 1 N–H and O–H groups in total. The van der Waals surface area contributed by atoms with Crippen molar-refractivity contribution in [1.29, 1.82) is 0 Å². The largest absolute Gasteiger partial charge is 0.416 e. The van der Waals surface area contributed by atoms with Crippen LogP contribution in [0.15, 0.2) is 59.6 Å². The monoisotopic (exact) mass is 455 g/mol. The standard InChI is InChI=1S/C25H28F3N5/c1-17-30-14-22(15-31-17)32-12-9-21(10-13-32)33(20-6-4-19(5-7-20)25(26,27)28)24-16-29-11-8-23(24)18-2-3-18/h4-8,11,14-18,21,30H,2-3,9-10,12-13H2,1H3. The van der Waals surface area contributed by atoms with Gasteiger partial charge < -0.3 is 15.1 Å². The van der Waals surface area contributed by atoms with Gasteiger partial charge in [0.1, 0.15) is 6.17 Å². The second kappa shape index (κ2) is 8.72. The molecule has 174 valence electrons. The average molecular weight is 456 g/mol. The lowest BCUT2D eigenvalue weighted by Gasteiger charge is -2.41. The second-order valence-electron chi connectivity index (χ2n) is 9.03. The molecule has 1 unspecified atom stereocenters. The third-order valence-electron chi connectivity index (χ3n) is 6.68. The zero-order valence-electron chi connectivity index (χ0n) is 18.6. The zero-order valence-corrected chi connectivity index (χ0v) is 18.6. The van der Waals surface area contributed by atoms with E-state index < -0.39 is 11.7 Å². The van der Waals surface area contributed by atoms with Gasteiger partial charge in [-0.25, -0.2) is 0 Å². The molecule has 2 fully saturated rings. The van der Waals surface area contributed by atoms with E-state index in [9.17, 15) is 13.2 Å². The Morgan fingerprint density at radius 3 is 2.36 bits per heavy atom. The fourth-order valence-corrected chi connectivity index (χ4v) is 4.72. The van der Waals surface area contributed by atoms with Crippen LogP contribution in [-0.4, -0.2) is 41.4 Å². The van der Waals surface area contributed by atoms with Crippen molar-refractivity contribution in [3.05, 3.63) is 65.7 Å². The second-order valence-corrected chi connectivity index (χ2v) is 9.03. The summed E-state index contributed by atoms with van der Waals surface area (Å²) in [6.45, 7) is 3.72. The van der Waals surface area contributed by atoms with Crippen molar-refractivity contribution in [2.45, 2.75) is 56.9 Å². The lowest BCUT2D eigenvalue weighted by Crippen LogP contribution is -2.44. The molecule has 1 aromatic carbocycles. The summed E-state index contributed by atoms with van der Waals surface area (Å²) in [5, 5.41) is 3.25. The minimum absolute atomic E-state index is 0.0906. The summed E-state index contributed by atoms with van der Waals surface area (Å²) < 4.78 is 39.5. The van der Waals surface area contributed by atoms with E-state index in [4.69, 9.17) is 0 Å². The highest BCUT2D eigenvalue weighted by molar-refractivity contribution is 5.78. The Hall–Kier alpha value is -3.03. The summed E-state index contributed by atoms with van der Waals surface area (Å²) >= 11 is 0. The highest BCUT2D eigenvalue weighted by atomic mass is 19.4. The van der Waals surface area contributed by atoms with Gasteiger partial charge in [-0.3, -0.25) is 9.98 Å². The predicted molar refractivity (Wildman–Crippen MR) is 124 cm³/mol. The van der Waals surface area contributed by atoms with Crippen LogP contribution in [0.25, 0.3) is 0 Å². The molecule has 0 radical (unpaired) electrons. The van der Waals surface area contributed by atoms with Crippen LogP contribution >= 0.6 is 0 Å². The topological polar surface area (TPSA) is 43.8 Å². The first-order valence-corrected chi connectivity index (χ1v) is 11.5. The van der Waals surface area contributed by atoms with Crippen LogP contribution in [0, 0.1) is 0 Å². The number of allylic oxidation sites excluding steroid dienone is 1. The molecule has 1 aromatic heterocycles. The van der Waals surface area contributed by atoms with Gasteiger partial charge >= 0.3 is 6.18 Å². The Kier molecular flexibility index (Phi) is 5.76. The van der Waals surface area contributed by atoms with Crippen molar-refractivity contribution in [2.75, 3.05) is 18.0 Å². The minimum Gasteiger partial charge on any atom is -0.369 e. The van der Waals surface area contributed by atoms with Crippen LogP contribution in [0.3, 0.4) is 0 Å².